The van der Waals surface area contributed by atoms with Crippen LogP contribution < -0.4 is 0 Å². The second kappa shape index (κ2) is 26.5. The van der Waals surface area contributed by atoms with E-state index in [1.807, 2.05) is 0 Å². The molecule has 0 radical (unpaired) electrons. The van der Waals surface area contributed by atoms with Crippen LogP contribution in [0.15, 0.2) is 0 Å². The van der Waals surface area contributed by atoms with E-state index in [1.165, 1.54) is 38.5 Å². The van der Waals surface area contributed by atoms with Crippen molar-refractivity contribution in [1.29, 1.82) is 0 Å². The highest BCUT2D eigenvalue weighted by atomic mass is 31.2. The van der Waals surface area contributed by atoms with Crippen LogP contribution >= 0.6 is 7.82 Å². The van der Waals surface area contributed by atoms with Crippen molar-refractivity contribution in [2.24, 2.45) is 17.8 Å². The van der Waals surface area contributed by atoms with Crippen molar-refractivity contribution in [3.63, 3.8) is 0 Å². The minimum absolute atomic E-state index is 0.0811. The Bertz CT molecular complexity index is 532. The summed E-state index contributed by atoms with van der Waals surface area (Å²) in [5.41, 5.74) is 0. The van der Waals surface area contributed by atoms with Crippen molar-refractivity contribution < 1.29 is 18.1 Å². The molecular weight excluding hydrogens is 527 g/mol. The van der Waals surface area contributed by atoms with Crippen LogP contribution in [-0.4, -0.2) is 18.3 Å². The molecule has 6 unspecified atom stereocenters. The van der Waals surface area contributed by atoms with Gasteiger partial charge in [0.1, 0.15) is 0 Å². The third kappa shape index (κ3) is 17.9. The summed E-state index contributed by atoms with van der Waals surface area (Å²) in [4.78, 5) is 0. The zero-order chi connectivity index (χ0) is 30.9. The minimum atomic E-state index is -3.81. The molecule has 0 aliphatic carbocycles. The predicted octanol–water partition coefficient (Wildman–Crippen LogP) is 13.5. The first-order valence-corrected chi connectivity index (χ1v) is 19.9. The fourth-order valence-electron chi connectivity index (χ4n) is 6.27. The van der Waals surface area contributed by atoms with Gasteiger partial charge in [-0.25, -0.2) is 4.57 Å². The lowest BCUT2D eigenvalue weighted by atomic mass is 9.90. The highest BCUT2D eigenvalue weighted by Crippen LogP contribution is 2.57. The lowest BCUT2D eigenvalue weighted by Crippen LogP contribution is -2.31. The molecule has 0 bridgehead atoms. The first kappa shape index (κ1) is 41.1. The number of hydrogen-bond acceptors (Lipinski definition) is 4. The van der Waals surface area contributed by atoms with Crippen LogP contribution in [0.1, 0.15) is 197 Å². The van der Waals surface area contributed by atoms with E-state index < -0.39 is 7.82 Å². The summed E-state index contributed by atoms with van der Waals surface area (Å²) in [6.07, 6.45) is 22.6. The molecular formula is C36H75O4P. The van der Waals surface area contributed by atoms with Crippen LogP contribution in [0.3, 0.4) is 0 Å². The van der Waals surface area contributed by atoms with E-state index >= 15 is 4.57 Å². The summed E-state index contributed by atoms with van der Waals surface area (Å²) in [5, 5.41) is 0. The molecule has 6 atom stereocenters. The van der Waals surface area contributed by atoms with Gasteiger partial charge in [0.25, 0.3) is 0 Å². The Balaban J connectivity index is 6.56. The summed E-state index contributed by atoms with van der Waals surface area (Å²) < 4.78 is 35.6. The molecule has 41 heavy (non-hydrogen) atoms. The summed E-state index contributed by atoms with van der Waals surface area (Å²) >= 11 is 0. The van der Waals surface area contributed by atoms with Crippen LogP contribution in [0.25, 0.3) is 0 Å². The molecule has 0 saturated heterocycles. The van der Waals surface area contributed by atoms with Crippen LogP contribution in [0.4, 0.5) is 0 Å². The number of phosphoric ester groups is 1. The lowest BCUT2D eigenvalue weighted by Gasteiger charge is -2.36. The number of hydrogen-bond donors (Lipinski definition) is 0. The van der Waals surface area contributed by atoms with Crippen molar-refractivity contribution in [3.8, 4) is 0 Å². The van der Waals surface area contributed by atoms with E-state index in [0.717, 1.165) is 96.3 Å². The Morgan fingerprint density at radius 2 is 0.610 bits per heavy atom. The van der Waals surface area contributed by atoms with Gasteiger partial charge in [0.2, 0.25) is 0 Å². The third-order valence-electron chi connectivity index (χ3n) is 9.26. The monoisotopic (exact) mass is 603 g/mol. The largest absolute Gasteiger partial charge is 0.475 e. The van der Waals surface area contributed by atoms with Gasteiger partial charge in [-0.15, -0.1) is 0 Å². The van der Waals surface area contributed by atoms with Crippen molar-refractivity contribution in [2.45, 2.75) is 215 Å². The maximum absolute atomic E-state index is 15.1. The Hall–Kier alpha value is 0.110. The van der Waals surface area contributed by atoms with Gasteiger partial charge in [0, 0.05) is 0 Å². The van der Waals surface area contributed by atoms with Crippen molar-refractivity contribution >= 4 is 7.82 Å². The minimum Gasteiger partial charge on any atom is -0.283 e. The second-order valence-electron chi connectivity index (χ2n) is 12.7. The van der Waals surface area contributed by atoms with E-state index in [0.29, 0.717) is 17.8 Å². The second-order valence-corrected chi connectivity index (χ2v) is 14.3. The van der Waals surface area contributed by atoms with E-state index in [2.05, 4.69) is 62.3 Å². The average Bonchev–Trinajstić information content (AvgIpc) is 2.97. The maximum atomic E-state index is 15.1. The zero-order valence-corrected chi connectivity index (χ0v) is 30.3. The molecule has 0 heterocycles. The van der Waals surface area contributed by atoms with Gasteiger partial charge in [0.05, 0.1) is 18.3 Å². The predicted molar refractivity (Wildman–Crippen MR) is 181 cm³/mol. The van der Waals surface area contributed by atoms with E-state index in [9.17, 15) is 0 Å². The molecule has 0 amide bonds. The molecule has 0 aromatic heterocycles. The van der Waals surface area contributed by atoms with Gasteiger partial charge in [-0.2, -0.15) is 0 Å². The molecule has 0 aromatic carbocycles. The highest BCUT2D eigenvalue weighted by Gasteiger charge is 2.41. The highest BCUT2D eigenvalue weighted by molar-refractivity contribution is 7.48. The number of phosphoric acid groups is 1. The summed E-state index contributed by atoms with van der Waals surface area (Å²) in [6, 6.07) is 0. The molecule has 0 N–H and O–H groups in total. The van der Waals surface area contributed by atoms with Gasteiger partial charge >= 0.3 is 7.82 Å². The van der Waals surface area contributed by atoms with Gasteiger partial charge in [-0.05, 0) is 56.3 Å². The molecule has 0 aliphatic heterocycles. The zero-order valence-electron chi connectivity index (χ0n) is 29.4. The maximum Gasteiger partial charge on any atom is 0.475 e. The Labute approximate surface area is 258 Å². The first-order chi connectivity index (χ1) is 19.8. The standard InChI is InChI=1S/C36H75O4P/c1-10-19-25-31(16-7)34(28-22-13-4)38-41(37,39-35(29-23-14-5)32(17-8)26-20-11-2)40-36(30-24-15-6)33(18-9)27-21-12-3/h31-36H,10-30H2,1-9H3. The fourth-order valence-corrected chi connectivity index (χ4v) is 8.25. The van der Waals surface area contributed by atoms with Gasteiger partial charge in [0.15, 0.2) is 0 Å². The van der Waals surface area contributed by atoms with Crippen molar-refractivity contribution in [3.05, 3.63) is 0 Å². The van der Waals surface area contributed by atoms with Gasteiger partial charge in [-0.3, -0.25) is 13.6 Å². The first-order valence-electron chi connectivity index (χ1n) is 18.5. The molecule has 4 nitrogen and oxygen atoms in total. The Morgan fingerprint density at radius 3 is 0.805 bits per heavy atom. The van der Waals surface area contributed by atoms with Crippen molar-refractivity contribution in [2.75, 3.05) is 0 Å². The molecule has 0 rings (SSSR count). The van der Waals surface area contributed by atoms with Gasteiger partial charge in [-0.1, -0.05) is 159 Å². The third-order valence-corrected chi connectivity index (χ3v) is 10.8. The van der Waals surface area contributed by atoms with Crippen LogP contribution in [0, 0.1) is 17.8 Å². The topological polar surface area (TPSA) is 44.8 Å². The van der Waals surface area contributed by atoms with Gasteiger partial charge < -0.3 is 0 Å². The Morgan fingerprint density at radius 1 is 0.390 bits per heavy atom. The van der Waals surface area contributed by atoms with Crippen LogP contribution in [0.5, 0.6) is 0 Å². The number of unbranched alkanes of at least 4 members (excludes halogenated alkanes) is 6. The van der Waals surface area contributed by atoms with Crippen LogP contribution in [-0.2, 0) is 18.1 Å². The molecule has 0 aliphatic rings. The summed E-state index contributed by atoms with van der Waals surface area (Å²) in [6.45, 7) is 20.3. The molecule has 5 heteroatoms. The smallest absolute Gasteiger partial charge is 0.283 e. The molecule has 0 spiro atoms. The SMILES string of the molecule is CCCCC(CC)C(CCCC)OP(=O)(OC(CCCC)C(CC)CCCC)OC(CCCC)C(CC)CCCC. The molecule has 0 fully saturated rings. The van der Waals surface area contributed by atoms with E-state index in [4.69, 9.17) is 13.6 Å². The number of rotatable bonds is 30. The van der Waals surface area contributed by atoms with Crippen LogP contribution in [0.2, 0.25) is 0 Å². The summed E-state index contributed by atoms with van der Waals surface area (Å²) in [7, 11) is -3.81. The van der Waals surface area contributed by atoms with E-state index in [-0.39, 0.29) is 18.3 Å². The quantitative estimate of drug-likeness (QED) is 0.0767. The lowest BCUT2D eigenvalue weighted by molar-refractivity contribution is -0.0210. The molecule has 0 saturated carbocycles. The van der Waals surface area contributed by atoms with Crippen molar-refractivity contribution in [1.82, 2.24) is 0 Å². The fraction of sp³-hybridized carbons (Fsp3) is 1.00. The summed E-state index contributed by atoms with van der Waals surface area (Å²) in [5.74, 6) is 1.15. The van der Waals surface area contributed by atoms with E-state index in [1.54, 1.807) is 0 Å². The Kier molecular flexibility index (Phi) is 26.6. The normalized spacial score (nSPS) is 18.0. The molecule has 248 valence electrons. The molecule has 0 aromatic rings. The average molecular weight is 603 g/mol.